The number of aromatic nitrogens is 3. The first-order valence-corrected chi connectivity index (χ1v) is 7.36. The van der Waals surface area contributed by atoms with Gasteiger partial charge >= 0.3 is 5.97 Å². The molecule has 0 radical (unpaired) electrons. The summed E-state index contributed by atoms with van der Waals surface area (Å²) in [6, 6.07) is 4.96. The lowest BCUT2D eigenvalue weighted by Crippen LogP contribution is -2.16. The van der Waals surface area contributed by atoms with Gasteiger partial charge in [-0.05, 0) is 18.1 Å². The molecule has 0 saturated heterocycles. The molecular formula is C14H9FN4O2S. The topological polar surface area (TPSA) is 79.2 Å². The SMILES string of the molecule is O=C(O)c1nc2c(N3CCc4cccc(F)c43)ncnc2s1. The van der Waals surface area contributed by atoms with Crippen LogP contribution >= 0.6 is 11.3 Å². The molecule has 0 bridgehead atoms. The van der Waals surface area contributed by atoms with Crippen LogP contribution in [0.3, 0.4) is 0 Å². The van der Waals surface area contributed by atoms with Gasteiger partial charge in [-0.2, -0.15) is 0 Å². The molecule has 0 atom stereocenters. The van der Waals surface area contributed by atoms with Gasteiger partial charge in [-0.25, -0.2) is 24.1 Å². The highest BCUT2D eigenvalue weighted by Crippen LogP contribution is 2.38. The van der Waals surface area contributed by atoms with Crippen LogP contribution in [0.1, 0.15) is 15.4 Å². The maximum absolute atomic E-state index is 14.2. The van der Waals surface area contributed by atoms with Crippen LogP contribution in [0.4, 0.5) is 15.9 Å². The lowest BCUT2D eigenvalue weighted by Gasteiger charge is -2.18. The fourth-order valence-corrected chi connectivity index (χ4v) is 3.39. The largest absolute Gasteiger partial charge is 0.476 e. The quantitative estimate of drug-likeness (QED) is 0.783. The van der Waals surface area contributed by atoms with Crippen LogP contribution in [0.5, 0.6) is 0 Å². The molecule has 0 spiro atoms. The fraction of sp³-hybridized carbons (Fsp3) is 0.143. The zero-order valence-corrected chi connectivity index (χ0v) is 12.0. The number of carboxylic acid groups (broad SMARTS) is 1. The normalized spacial score (nSPS) is 13.6. The Morgan fingerprint density at radius 1 is 1.36 bits per heavy atom. The van der Waals surface area contributed by atoms with E-state index in [4.69, 9.17) is 5.11 Å². The minimum Gasteiger partial charge on any atom is -0.476 e. The van der Waals surface area contributed by atoms with Crippen LogP contribution in [0.2, 0.25) is 0 Å². The molecule has 1 aliphatic heterocycles. The summed E-state index contributed by atoms with van der Waals surface area (Å²) in [7, 11) is 0. The van der Waals surface area contributed by atoms with E-state index in [-0.39, 0.29) is 10.8 Å². The second-order valence-corrected chi connectivity index (χ2v) is 5.80. The summed E-state index contributed by atoms with van der Waals surface area (Å²) in [5, 5.41) is 9.02. The van der Waals surface area contributed by atoms with Crippen molar-refractivity contribution in [3.05, 3.63) is 40.9 Å². The van der Waals surface area contributed by atoms with Gasteiger partial charge in [-0.15, -0.1) is 0 Å². The van der Waals surface area contributed by atoms with Crippen LogP contribution < -0.4 is 4.90 Å². The summed E-state index contributed by atoms with van der Waals surface area (Å²) in [6.45, 7) is 0.572. The standard InChI is InChI=1S/C14H9FN4O2S/c15-8-3-1-2-7-4-5-19(10(7)8)11-9-12(17-6-16-11)22-13(18-9)14(20)21/h1-3,6H,4-5H2,(H,20,21). The number of anilines is 2. The van der Waals surface area contributed by atoms with Crippen LogP contribution in [0.25, 0.3) is 10.3 Å². The molecule has 3 aromatic rings. The molecule has 1 aliphatic rings. The highest BCUT2D eigenvalue weighted by Gasteiger charge is 2.27. The molecule has 1 aromatic carbocycles. The van der Waals surface area contributed by atoms with E-state index < -0.39 is 5.97 Å². The summed E-state index contributed by atoms with van der Waals surface area (Å²) in [4.78, 5) is 25.6. The van der Waals surface area contributed by atoms with E-state index in [0.29, 0.717) is 34.8 Å². The Hall–Kier alpha value is -2.61. The zero-order chi connectivity index (χ0) is 15.3. The van der Waals surface area contributed by atoms with Gasteiger partial charge in [-0.3, -0.25) is 0 Å². The maximum Gasteiger partial charge on any atom is 0.365 e. The summed E-state index contributed by atoms with van der Waals surface area (Å²) >= 11 is 0.982. The number of aromatic carboxylic acids is 1. The van der Waals surface area contributed by atoms with Crippen LogP contribution in [-0.4, -0.2) is 32.6 Å². The van der Waals surface area contributed by atoms with Crippen molar-refractivity contribution in [2.75, 3.05) is 11.4 Å². The van der Waals surface area contributed by atoms with Crippen molar-refractivity contribution in [2.24, 2.45) is 0 Å². The van der Waals surface area contributed by atoms with Gasteiger partial charge in [-0.1, -0.05) is 23.5 Å². The molecule has 110 valence electrons. The summed E-state index contributed by atoms with van der Waals surface area (Å²) in [6.07, 6.45) is 2.05. The Labute approximate surface area is 127 Å². The number of nitrogens with zero attached hydrogens (tertiary/aromatic N) is 4. The predicted octanol–water partition coefficient (Wildman–Crippen LogP) is 2.62. The maximum atomic E-state index is 14.2. The molecule has 1 N–H and O–H groups in total. The van der Waals surface area contributed by atoms with E-state index in [2.05, 4.69) is 15.0 Å². The Morgan fingerprint density at radius 3 is 3.05 bits per heavy atom. The molecule has 3 heterocycles. The number of fused-ring (bicyclic) bond motifs is 2. The monoisotopic (exact) mass is 316 g/mol. The van der Waals surface area contributed by atoms with Gasteiger partial charge in [0.25, 0.3) is 0 Å². The molecular weight excluding hydrogens is 307 g/mol. The Bertz CT molecular complexity index is 911. The summed E-state index contributed by atoms with van der Waals surface area (Å²) in [5.41, 5.74) is 1.77. The number of carbonyl (C=O) groups is 1. The number of rotatable bonds is 2. The minimum atomic E-state index is -1.11. The molecule has 0 aliphatic carbocycles. The highest BCUT2D eigenvalue weighted by molar-refractivity contribution is 7.19. The van der Waals surface area contributed by atoms with E-state index in [1.165, 1.54) is 12.4 Å². The number of benzene rings is 1. The van der Waals surface area contributed by atoms with Gasteiger partial charge in [0, 0.05) is 6.54 Å². The van der Waals surface area contributed by atoms with Crippen molar-refractivity contribution in [3.63, 3.8) is 0 Å². The number of carboxylic acids is 1. The van der Waals surface area contributed by atoms with Crippen molar-refractivity contribution in [3.8, 4) is 0 Å². The zero-order valence-electron chi connectivity index (χ0n) is 11.2. The van der Waals surface area contributed by atoms with Gasteiger partial charge in [0.2, 0.25) is 5.01 Å². The third-order valence-corrected chi connectivity index (χ3v) is 4.51. The molecule has 0 saturated carbocycles. The molecule has 8 heteroatoms. The third-order valence-electron chi connectivity index (χ3n) is 3.56. The number of thiazole rings is 1. The van der Waals surface area contributed by atoms with E-state index in [0.717, 1.165) is 16.9 Å². The first-order valence-electron chi connectivity index (χ1n) is 6.55. The van der Waals surface area contributed by atoms with Crippen LogP contribution in [0, 0.1) is 5.82 Å². The molecule has 6 nitrogen and oxygen atoms in total. The first kappa shape index (κ1) is 13.1. The van der Waals surface area contributed by atoms with Gasteiger partial charge < -0.3 is 10.0 Å². The van der Waals surface area contributed by atoms with E-state index in [1.807, 2.05) is 6.07 Å². The Balaban J connectivity index is 1.92. The van der Waals surface area contributed by atoms with Crippen molar-refractivity contribution < 1.29 is 14.3 Å². The van der Waals surface area contributed by atoms with Gasteiger partial charge in [0.05, 0.1) is 5.69 Å². The van der Waals surface area contributed by atoms with Crippen molar-refractivity contribution in [1.82, 2.24) is 15.0 Å². The summed E-state index contributed by atoms with van der Waals surface area (Å²) in [5.74, 6) is -0.991. The average molecular weight is 316 g/mol. The van der Waals surface area contributed by atoms with Crippen LogP contribution in [0.15, 0.2) is 24.5 Å². The third kappa shape index (κ3) is 1.84. The Morgan fingerprint density at radius 2 is 2.23 bits per heavy atom. The minimum absolute atomic E-state index is 0.0512. The van der Waals surface area contributed by atoms with E-state index in [1.54, 1.807) is 11.0 Å². The van der Waals surface area contributed by atoms with E-state index in [9.17, 15) is 9.18 Å². The number of halogens is 1. The van der Waals surface area contributed by atoms with Crippen molar-refractivity contribution >= 4 is 39.2 Å². The van der Waals surface area contributed by atoms with Crippen molar-refractivity contribution in [2.45, 2.75) is 6.42 Å². The molecule has 22 heavy (non-hydrogen) atoms. The molecule has 4 rings (SSSR count). The molecule has 0 amide bonds. The van der Waals surface area contributed by atoms with Crippen molar-refractivity contribution in [1.29, 1.82) is 0 Å². The van der Waals surface area contributed by atoms with Gasteiger partial charge in [0.15, 0.2) is 5.82 Å². The Kier molecular flexibility index (Phi) is 2.80. The number of hydrogen-bond acceptors (Lipinski definition) is 6. The fourth-order valence-electron chi connectivity index (χ4n) is 2.65. The summed E-state index contributed by atoms with van der Waals surface area (Å²) < 4.78 is 14.2. The lowest BCUT2D eigenvalue weighted by atomic mass is 10.1. The van der Waals surface area contributed by atoms with Crippen LogP contribution in [-0.2, 0) is 6.42 Å². The van der Waals surface area contributed by atoms with E-state index >= 15 is 0 Å². The second-order valence-electron chi connectivity index (χ2n) is 4.82. The number of para-hydroxylation sites is 1. The molecule has 0 unspecified atom stereocenters. The first-order chi connectivity index (χ1) is 10.6. The smallest absolute Gasteiger partial charge is 0.365 e. The number of hydrogen-bond donors (Lipinski definition) is 1. The average Bonchev–Trinajstić information content (AvgIpc) is 3.11. The lowest BCUT2D eigenvalue weighted by molar-refractivity contribution is 0.0696. The predicted molar refractivity (Wildman–Crippen MR) is 79.3 cm³/mol. The second kappa shape index (κ2) is 4.70. The van der Waals surface area contributed by atoms with Gasteiger partial charge in [0.1, 0.15) is 22.5 Å². The molecule has 0 fully saturated rings. The molecule has 2 aromatic heterocycles. The highest BCUT2D eigenvalue weighted by atomic mass is 32.1.